The highest BCUT2D eigenvalue weighted by Crippen LogP contribution is 2.42. The first-order valence-electron chi connectivity index (χ1n) is 13.3. The van der Waals surface area contributed by atoms with Crippen molar-refractivity contribution in [2.24, 2.45) is 0 Å². The molecule has 1 heterocycles. The Labute approximate surface area is 245 Å². The van der Waals surface area contributed by atoms with E-state index in [1.807, 2.05) is 33.8 Å². The second kappa shape index (κ2) is 14.1. The molecule has 0 unspecified atom stereocenters. The van der Waals surface area contributed by atoms with Gasteiger partial charge in [-0.2, -0.15) is 0 Å². The first kappa shape index (κ1) is 31.6. The molecule has 2 aromatic carbocycles. The molecule has 0 spiro atoms. The van der Waals surface area contributed by atoms with E-state index in [4.69, 9.17) is 35.3 Å². The van der Waals surface area contributed by atoms with Crippen LogP contribution in [0.1, 0.15) is 60.7 Å². The molecular formula is C30H37ClN2O8. The smallest absolute Gasteiger partial charge is 0.341 e. The Bertz CT molecular complexity index is 1350. The summed E-state index contributed by atoms with van der Waals surface area (Å²) in [5, 5.41) is 3.08. The third-order valence-corrected chi connectivity index (χ3v) is 7.37. The molecule has 11 heteroatoms. The van der Waals surface area contributed by atoms with Crippen LogP contribution in [0.2, 0.25) is 5.02 Å². The molecule has 1 aliphatic heterocycles. The number of fused-ring (bicyclic) bond motifs is 1. The van der Waals surface area contributed by atoms with E-state index in [0.29, 0.717) is 59.8 Å². The van der Waals surface area contributed by atoms with Crippen LogP contribution in [0.25, 0.3) is 0 Å². The van der Waals surface area contributed by atoms with Gasteiger partial charge < -0.3 is 33.9 Å². The average Bonchev–Trinajstić information content (AvgIpc) is 3.35. The van der Waals surface area contributed by atoms with Gasteiger partial charge in [0.15, 0.2) is 17.2 Å². The molecule has 1 aliphatic rings. The predicted molar refractivity (Wildman–Crippen MR) is 156 cm³/mol. The number of carbonyl (C=O) groups excluding carboxylic acids is 3. The summed E-state index contributed by atoms with van der Waals surface area (Å²) in [5.74, 6) is 0.501. The zero-order chi connectivity index (χ0) is 30.3. The number of anilines is 1. The van der Waals surface area contributed by atoms with E-state index in [1.165, 1.54) is 14.2 Å². The molecular weight excluding hydrogens is 552 g/mol. The number of rotatable bonds is 12. The lowest BCUT2D eigenvalue weighted by molar-refractivity contribution is -0.134. The van der Waals surface area contributed by atoms with Crippen LogP contribution in [0.5, 0.6) is 23.0 Å². The number of hydrogen-bond donors (Lipinski definition) is 1. The number of esters is 2. The predicted octanol–water partition coefficient (Wildman–Crippen LogP) is 6.09. The topological polar surface area (TPSA) is 113 Å². The van der Waals surface area contributed by atoms with Crippen molar-refractivity contribution >= 4 is 35.3 Å². The number of benzene rings is 2. The molecule has 0 fully saturated rings. The van der Waals surface area contributed by atoms with Crippen molar-refractivity contribution in [1.29, 1.82) is 0 Å². The Balaban J connectivity index is 1.82. The summed E-state index contributed by atoms with van der Waals surface area (Å²) in [5.41, 5.74) is 3.77. The average molecular weight is 589 g/mol. The maximum atomic E-state index is 13.0. The molecule has 1 N–H and O–H groups in total. The van der Waals surface area contributed by atoms with Gasteiger partial charge in [0.05, 0.1) is 32.6 Å². The third kappa shape index (κ3) is 6.87. The largest absolute Gasteiger partial charge is 0.496 e. The fourth-order valence-corrected chi connectivity index (χ4v) is 4.96. The van der Waals surface area contributed by atoms with Gasteiger partial charge >= 0.3 is 18.0 Å². The Morgan fingerprint density at radius 1 is 1.05 bits per heavy atom. The Kier molecular flexibility index (Phi) is 10.9. The zero-order valence-electron chi connectivity index (χ0n) is 24.6. The van der Waals surface area contributed by atoms with Crippen LogP contribution in [0, 0.1) is 6.92 Å². The van der Waals surface area contributed by atoms with Gasteiger partial charge in [0.25, 0.3) is 0 Å². The summed E-state index contributed by atoms with van der Waals surface area (Å²) < 4.78 is 27.0. The SMILES string of the molecule is CCN(CC)C(=O)Nc1c(C/C=C(\C)CCC(=O)Oc2ccc(OC)c(OC)c2Cl)c(OC)c(C)c2c1C(=O)OC2. The zero-order valence-corrected chi connectivity index (χ0v) is 25.3. The molecule has 2 aromatic rings. The lowest BCUT2D eigenvalue weighted by atomic mass is 9.93. The van der Waals surface area contributed by atoms with Crippen molar-refractivity contribution in [2.75, 3.05) is 39.7 Å². The summed E-state index contributed by atoms with van der Waals surface area (Å²) in [4.78, 5) is 40.0. The normalized spacial score (nSPS) is 12.4. The summed E-state index contributed by atoms with van der Waals surface area (Å²) >= 11 is 6.33. The highest BCUT2D eigenvalue weighted by atomic mass is 35.5. The Morgan fingerprint density at radius 3 is 2.32 bits per heavy atom. The Hall–Kier alpha value is -3.92. The van der Waals surface area contributed by atoms with Crippen LogP contribution < -0.4 is 24.3 Å². The fraction of sp³-hybridized carbons (Fsp3) is 0.433. The molecule has 0 saturated carbocycles. The van der Waals surface area contributed by atoms with Crippen molar-refractivity contribution in [3.8, 4) is 23.0 Å². The van der Waals surface area contributed by atoms with Gasteiger partial charge in [-0.3, -0.25) is 4.79 Å². The number of ether oxygens (including phenoxy) is 5. The van der Waals surface area contributed by atoms with E-state index < -0.39 is 11.9 Å². The maximum absolute atomic E-state index is 13.0. The van der Waals surface area contributed by atoms with Crippen LogP contribution in [-0.4, -0.2) is 57.3 Å². The summed E-state index contributed by atoms with van der Waals surface area (Å²) in [7, 11) is 4.49. The van der Waals surface area contributed by atoms with E-state index in [2.05, 4.69) is 5.32 Å². The van der Waals surface area contributed by atoms with Gasteiger partial charge in [-0.15, -0.1) is 0 Å². The number of carbonyl (C=O) groups is 3. The third-order valence-electron chi connectivity index (χ3n) is 7.01. The van der Waals surface area contributed by atoms with E-state index in [-0.39, 0.29) is 35.6 Å². The van der Waals surface area contributed by atoms with Gasteiger partial charge in [-0.05, 0) is 58.2 Å². The second-order valence-corrected chi connectivity index (χ2v) is 9.76. The number of amides is 2. The van der Waals surface area contributed by atoms with Crippen LogP contribution in [-0.2, 0) is 22.6 Å². The number of methoxy groups -OCH3 is 3. The van der Waals surface area contributed by atoms with Gasteiger partial charge in [-0.25, -0.2) is 9.59 Å². The van der Waals surface area contributed by atoms with Gasteiger partial charge in [-0.1, -0.05) is 23.3 Å². The molecule has 0 radical (unpaired) electrons. The first-order chi connectivity index (χ1) is 19.6. The number of nitrogens with zero attached hydrogens (tertiary/aromatic N) is 1. The molecule has 3 rings (SSSR count). The molecule has 10 nitrogen and oxygen atoms in total. The van der Waals surface area contributed by atoms with E-state index in [9.17, 15) is 14.4 Å². The van der Waals surface area contributed by atoms with Crippen LogP contribution >= 0.6 is 11.6 Å². The minimum Gasteiger partial charge on any atom is -0.496 e. The van der Waals surface area contributed by atoms with Crippen molar-refractivity contribution in [1.82, 2.24) is 4.90 Å². The van der Waals surface area contributed by atoms with Crippen LogP contribution in [0.3, 0.4) is 0 Å². The molecule has 0 atom stereocenters. The molecule has 222 valence electrons. The quantitative estimate of drug-likeness (QED) is 0.180. The van der Waals surface area contributed by atoms with Crippen LogP contribution in [0.4, 0.5) is 10.5 Å². The van der Waals surface area contributed by atoms with Crippen molar-refractivity contribution in [3.05, 3.63) is 51.1 Å². The summed E-state index contributed by atoms with van der Waals surface area (Å²) in [6.07, 6.45) is 2.80. The van der Waals surface area contributed by atoms with Crippen molar-refractivity contribution < 1.29 is 38.1 Å². The van der Waals surface area contributed by atoms with E-state index in [1.54, 1.807) is 24.1 Å². The lowest BCUT2D eigenvalue weighted by Crippen LogP contribution is -2.35. The number of nitrogens with one attached hydrogen (secondary N) is 1. The van der Waals surface area contributed by atoms with Gasteiger partial charge in [0.1, 0.15) is 17.4 Å². The van der Waals surface area contributed by atoms with Crippen molar-refractivity contribution in [2.45, 2.75) is 53.6 Å². The monoisotopic (exact) mass is 588 g/mol. The maximum Gasteiger partial charge on any atom is 0.341 e. The molecule has 0 aliphatic carbocycles. The van der Waals surface area contributed by atoms with Crippen LogP contribution in [0.15, 0.2) is 23.8 Å². The Morgan fingerprint density at radius 2 is 1.71 bits per heavy atom. The minimum atomic E-state index is -0.487. The summed E-state index contributed by atoms with van der Waals surface area (Å²) in [6.45, 7) is 8.67. The number of hydrogen-bond acceptors (Lipinski definition) is 8. The molecule has 0 aromatic heterocycles. The number of halogens is 1. The first-order valence-corrected chi connectivity index (χ1v) is 13.7. The van der Waals surface area contributed by atoms with E-state index in [0.717, 1.165) is 11.1 Å². The minimum absolute atomic E-state index is 0.102. The van der Waals surface area contributed by atoms with Crippen molar-refractivity contribution in [3.63, 3.8) is 0 Å². The highest BCUT2D eigenvalue weighted by molar-refractivity contribution is 6.34. The number of urea groups is 1. The molecule has 2 amide bonds. The fourth-order valence-electron chi connectivity index (χ4n) is 4.69. The summed E-state index contributed by atoms with van der Waals surface area (Å²) in [6, 6.07) is 2.84. The standard InChI is InChI=1S/C30H37ClN2O8/c1-8-33(9-2)30(36)32-26-19(27(38-6)18(4)20-16-40-29(35)24(20)26)12-10-17(3)11-15-23(34)41-21-13-14-22(37-5)28(39-7)25(21)31/h10,13-14H,8-9,11-12,15-16H2,1-7H3,(H,32,36)/b17-10+. The lowest BCUT2D eigenvalue weighted by Gasteiger charge is -2.23. The molecule has 0 saturated heterocycles. The number of cyclic esters (lactones) is 1. The number of allylic oxidation sites excluding steroid dienone is 2. The highest BCUT2D eigenvalue weighted by Gasteiger charge is 2.33. The van der Waals surface area contributed by atoms with Gasteiger partial charge in [0.2, 0.25) is 0 Å². The second-order valence-electron chi connectivity index (χ2n) is 9.39. The van der Waals surface area contributed by atoms with Gasteiger partial charge in [0, 0.05) is 30.6 Å². The molecule has 41 heavy (non-hydrogen) atoms. The van der Waals surface area contributed by atoms with E-state index >= 15 is 0 Å². The molecule has 0 bridgehead atoms.